The Hall–Kier alpha value is -1.52. The number of halogens is 2. The van der Waals surface area contributed by atoms with Crippen molar-refractivity contribution in [3.63, 3.8) is 0 Å². The Morgan fingerprint density at radius 2 is 2.14 bits per heavy atom. The first kappa shape index (κ1) is 10.6. The molecule has 0 aliphatic heterocycles. The molecule has 0 bridgehead atoms. The highest BCUT2D eigenvalue weighted by atomic mass is 19.3. The van der Waals surface area contributed by atoms with Crippen molar-refractivity contribution in [1.82, 2.24) is 4.98 Å². The van der Waals surface area contributed by atoms with Crippen LogP contribution in [0.4, 0.5) is 14.5 Å². The fourth-order valence-corrected chi connectivity index (χ4v) is 1.06. The summed E-state index contributed by atoms with van der Waals surface area (Å²) < 4.78 is 23.9. The van der Waals surface area contributed by atoms with Crippen molar-refractivity contribution in [2.45, 2.75) is 20.3 Å². The zero-order chi connectivity index (χ0) is 10.7. The van der Waals surface area contributed by atoms with Crippen LogP contribution in [0.1, 0.15) is 11.3 Å². The molecular weight excluding hydrogens is 190 g/mol. The van der Waals surface area contributed by atoms with Crippen molar-refractivity contribution in [3.05, 3.63) is 23.5 Å². The predicted molar refractivity (Wildman–Crippen MR) is 48.3 cm³/mol. The summed E-state index contributed by atoms with van der Waals surface area (Å²) in [6.07, 6.45) is -1.45. The maximum atomic E-state index is 11.9. The number of nitrogens with one attached hydrogen (secondary N) is 1. The number of carbonyl (C=O) groups is 1. The van der Waals surface area contributed by atoms with E-state index in [9.17, 15) is 13.6 Å². The summed E-state index contributed by atoms with van der Waals surface area (Å²) in [6.45, 7) is 3.36. The van der Waals surface area contributed by atoms with Crippen molar-refractivity contribution in [1.29, 1.82) is 0 Å². The normalized spacial score (nSPS) is 10.4. The molecule has 76 valence electrons. The van der Waals surface area contributed by atoms with E-state index in [1.807, 2.05) is 0 Å². The largest absolute Gasteiger partial charge is 0.319 e. The van der Waals surface area contributed by atoms with Crippen molar-refractivity contribution < 1.29 is 13.6 Å². The number of aryl methyl sites for hydroxylation is 2. The number of pyridine rings is 1. The molecule has 0 fully saturated rings. The molecule has 1 rings (SSSR count). The summed E-state index contributed by atoms with van der Waals surface area (Å²) in [5.74, 6) is -1.30. The second-order valence-electron chi connectivity index (χ2n) is 2.88. The molecule has 5 heteroatoms. The van der Waals surface area contributed by atoms with Crippen LogP contribution in [0.5, 0.6) is 0 Å². The maximum Gasteiger partial charge on any atom is 0.315 e. The maximum absolute atomic E-state index is 11.9. The van der Waals surface area contributed by atoms with Gasteiger partial charge in [0.25, 0.3) is 5.91 Å². The van der Waals surface area contributed by atoms with Gasteiger partial charge in [0.2, 0.25) is 0 Å². The highest BCUT2D eigenvalue weighted by Crippen LogP contribution is 2.17. The van der Waals surface area contributed by atoms with Gasteiger partial charge < -0.3 is 5.32 Å². The molecular formula is C9H10F2N2O. The predicted octanol–water partition coefficient (Wildman–Crippen LogP) is 1.90. The fraction of sp³-hybridized carbons (Fsp3) is 0.333. The summed E-state index contributed by atoms with van der Waals surface area (Å²) in [4.78, 5) is 14.6. The van der Waals surface area contributed by atoms with Crippen molar-refractivity contribution in [2.24, 2.45) is 0 Å². The summed E-state index contributed by atoms with van der Waals surface area (Å²) >= 11 is 0. The van der Waals surface area contributed by atoms with E-state index in [1.165, 1.54) is 0 Å². The number of anilines is 1. The molecule has 0 aliphatic rings. The number of aromatic nitrogens is 1. The van der Waals surface area contributed by atoms with E-state index in [1.54, 1.807) is 26.1 Å². The first-order valence-corrected chi connectivity index (χ1v) is 4.03. The smallest absolute Gasteiger partial charge is 0.315 e. The van der Waals surface area contributed by atoms with E-state index in [0.717, 1.165) is 0 Å². The van der Waals surface area contributed by atoms with Gasteiger partial charge in [-0.1, -0.05) is 0 Å². The van der Waals surface area contributed by atoms with Gasteiger partial charge in [-0.2, -0.15) is 8.78 Å². The van der Waals surface area contributed by atoms with Gasteiger partial charge in [0.15, 0.2) is 0 Å². The summed E-state index contributed by atoms with van der Waals surface area (Å²) in [6, 6.07) is 1.65. The van der Waals surface area contributed by atoms with Crippen LogP contribution >= 0.6 is 0 Å². The highest BCUT2D eigenvalue weighted by molar-refractivity contribution is 5.94. The van der Waals surface area contributed by atoms with Gasteiger partial charge in [-0.05, 0) is 25.5 Å². The SMILES string of the molecule is Cc1ccnc(C)c1NC(=O)C(F)F. The molecule has 14 heavy (non-hydrogen) atoms. The standard InChI is InChI=1S/C9H10F2N2O/c1-5-3-4-12-6(2)7(5)13-9(14)8(10)11/h3-4,8H,1-2H3,(H,13,14). The minimum atomic E-state index is -3.01. The molecule has 1 aromatic heterocycles. The van der Waals surface area contributed by atoms with Crippen LogP contribution < -0.4 is 5.32 Å². The second-order valence-corrected chi connectivity index (χ2v) is 2.88. The zero-order valence-corrected chi connectivity index (χ0v) is 7.84. The lowest BCUT2D eigenvalue weighted by Crippen LogP contribution is -2.21. The molecule has 0 aliphatic carbocycles. The van der Waals surface area contributed by atoms with Crippen LogP contribution in [0, 0.1) is 13.8 Å². The van der Waals surface area contributed by atoms with E-state index in [4.69, 9.17) is 0 Å². The van der Waals surface area contributed by atoms with Gasteiger partial charge in [-0.3, -0.25) is 9.78 Å². The molecule has 3 nitrogen and oxygen atoms in total. The van der Waals surface area contributed by atoms with E-state index >= 15 is 0 Å². The van der Waals surface area contributed by atoms with Crippen LogP contribution in [-0.2, 0) is 4.79 Å². The highest BCUT2D eigenvalue weighted by Gasteiger charge is 2.16. The number of alkyl halides is 2. The van der Waals surface area contributed by atoms with Gasteiger partial charge in [0.05, 0.1) is 11.4 Å². The number of rotatable bonds is 2. The number of amides is 1. The van der Waals surface area contributed by atoms with Gasteiger partial charge in [0, 0.05) is 6.20 Å². The molecule has 0 saturated heterocycles. The molecule has 0 unspecified atom stereocenters. The van der Waals surface area contributed by atoms with Gasteiger partial charge in [-0.15, -0.1) is 0 Å². The molecule has 1 heterocycles. The minimum absolute atomic E-state index is 0.359. The summed E-state index contributed by atoms with van der Waals surface area (Å²) in [7, 11) is 0. The van der Waals surface area contributed by atoms with Gasteiger partial charge >= 0.3 is 6.43 Å². The minimum Gasteiger partial charge on any atom is -0.319 e. The fourth-order valence-electron chi connectivity index (χ4n) is 1.06. The lowest BCUT2D eigenvalue weighted by molar-refractivity contribution is -0.126. The lowest BCUT2D eigenvalue weighted by Gasteiger charge is -2.09. The van der Waals surface area contributed by atoms with Crippen LogP contribution in [0.25, 0.3) is 0 Å². The van der Waals surface area contributed by atoms with Crippen LogP contribution in [0.3, 0.4) is 0 Å². The summed E-state index contributed by atoms with van der Waals surface area (Å²) in [5.41, 5.74) is 1.60. The summed E-state index contributed by atoms with van der Waals surface area (Å²) in [5, 5.41) is 2.13. The Morgan fingerprint density at radius 3 is 2.64 bits per heavy atom. The molecule has 0 atom stereocenters. The Morgan fingerprint density at radius 1 is 1.50 bits per heavy atom. The first-order valence-electron chi connectivity index (χ1n) is 4.03. The van der Waals surface area contributed by atoms with Crippen molar-refractivity contribution in [2.75, 3.05) is 5.32 Å². The average molecular weight is 200 g/mol. The van der Waals surface area contributed by atoms with Crippen LogP contribution in [0.2, 0.25) is 0 Å². The Labute approximate surface area is 80.2 Å². The third-order valence-electron chi connectivity index (χ3n) is 1.80. The topological polar surface area (TPSA) is 42.0 Å². The van der Waals surface area contributed by atoms with E-state index in [-0.39, 0.29) is 0 Å². The van der Waals surface area contributed by atoms with E-state index in [0.29, 0.717) is 16.9 Å². The third kappa shape index (κ3) is 2.25. The van der Waals surface area contributed by atoms with Crippen molar-refractivity contribution in [3.8, 4) is 0 Å². The first-order chi connectivity index (χ1) is 6.52. The number of nitrogens with zero attached hydrogens (tertiary/aromatic N) is 1. The zero-order valence-electron chi connectivity index (χ0n) is 7.84. The Balaban J connectivity index is 2.91. The molecule has 1 aromatic rings. The molecule has 0 aromatic carbocycles. The van der Waals surface area contributed by atoms with Gasteiger partial charge in [0.1, 0.15) is 0 Å². The molecule has 1 N–H and O–H groups in total. The third-order valence-corrected chi connectivity index (χ3v) is 1.80. The van der Waals surface area contributed by atoms with Crippen molar-refractivity contribution >= 4 is 11.6 Å². The van der Waals surface area contributed by atoms with E-state index in [2.05, 4.69) is 10.3 Å². The number of hydrogen-bond donors (Lipinski definition) is 1. The average Bonchev–Trinajstić information content (AvgIpc) is 2.11. The molecule has 1 amide bonds. The number of carbonyl (C=O) groups excluding carboxylic acids is 1. The second kappa shape index (κ2) is 4.13. The number of hydrogen-bond acceptors (Lipinski definition) is 2. The quantitative estimate of drug-likeness (QED) is 0.792. The molecule has 0 spiro atoms. The lowest BCUT2D eigenvalue weighted by atomic mass is 10.2. The van der Waals surface area contributed by atoms with Crippen LogP contribution in [-0.4, -0.2) is 17.3 Å². The molecule has 0 radical (unpaired) electrons. The van der Waals surface area contributed by atoms with Gasteiger partial charge in [-0.25, -0.2) is 0 Å². The van der Waals surface area contributed by atoms with Crippen LogP contribution in [0.15, 0.2) is 12.3 Å². The van der Waals surface area contributed by atoms with E-state index < -0.39 is 12.3 Å². The molecule has 0 saturated carbocycles. The Bertz CT molecular complexity index is 332. The Kier molecular flexibility index (Phi) is 3.11. The monoisotopic (exact) mass is 200 g/mol.